The molecule has 0 spiro atoms. The maximum Gasteiger partial charge on any atom is 0.128 e. The molecule has 0 aliphatic rings. The van der Waals surface area contributed by atoms with Crippen LogP contribution in [0.25, 0.3) is 0 Å². The van der Waals surface area contributed by atoms with E-state index in [4.69, 9.17) is 5.26 Å². The van der Waals surface area contributed by atoms with Gasteiger partial charge in [0.15, 0.2) is 0 Å². The summed E-state index contributed by atoms with van der Waals surface area (Å²) in [6.45, 7) is 2.88. The maximum atomic E-state index is 8.72. The van der Waals surface area contributed by atoms with Crippen LogP contribution in [0.2, 0.25) is 0 Å². The van der Waals surface area contributed by atoms with Crippen molar-refractivity contribution in [2.75, 3.05) is 11.9 Å². The smallest absolute Gasteiger partial charge is 0.128 e. The minimum atomic E-state index is 0.586. The second-order valence-corrected chi connectivity index (χ2v) is 4.36. The van der Waals surface area contributed by atoms with Crippen LogP contribution in [-0.2, 0) is 6.54 Å². The average Bonchev–Trinajstić information content (AvgIpc) is 2.41. The summed E-state index contributed by atoms with van der Waals surface area (Å²) < 4.78 is 0. The Morgan fingerprint density at radius 3 is 2.44 bits per heavy atom. The molecular formula is C15H15N3. The highest BCUT2D eigenvalue weighted by molar-refractivity contribution is 5.42. The Kier molecular flexibility index (Phi) is 3.59. The van der Waals surface area contributed by atoms with Crippen molar-refractivity contribution in [2.24, 2.45) is 0 Å². The molecular weight excluding hydrogens is 222 g/mol. The molecule has 0 radical (unpaired) electrons. The Morgan fingerprint density at radius 2 is 1.89 bits per heavy atom. The van der Waals surface area contributed by atoms with Gasteiger partial charge in [-0.25, -0.2) is 4.98 Å². The van der Waals surface area contributed by atoms with Crippen LogP contribution in [0.3, 0.4) is 0 Å². The van der Waals surface area contributed by atoms with Crippen LogP contribution < -0.4 is 4.90 Å². The van der Waals surface area contributed by atoms with E-state index in [0.717, 1.165) is 12.4 Å². The third-order valence-corrected chi connectivity index (χ3v) is 2.81. The third kappa shape index (κ3) is 2.86. The van der Waals surface area contributed by atoms with E-state index < -0.39 is 0 Å². The van der Waals surface area contributed by atoms with Gasteiger partial charge in [0.25, 0.3) is 0 Å². The zero-order valence-corrected chi connectivity index (χ0v) is 10.6. The lowest BCUT2D eigenvalue weighted by atomic mass is 10.1. The first kappa shape index (κ1) is 12.1. The van der Waals surface area contributed by atoms with Gasteiger partial charge in [-0.05, 0) is 24.6 Å². The highest BCUT2D eigenvalue weighted by Crippen LogP contribution is 2.13. The van der Waals surface area contributed by atoms with Crippen molar-refractivity contribution in [3.8, 4) is 6.07 Å². The molecule has 1 aromatic heterocycles. The van der Waals surface area contributed by atoms with Gasteiger partial charge in [-0.15, -0.1) is 0 Å². The Hall–Kier alpha value is -2.34. The van der Waals surface area contributed by atoms with Gasteiger partial charge in [0, 0.05) is 19.8 Å². The first-order valence-corrected chi connectivity index (χ1v) is 5.82. The lowest BCUT2D eigenvalue weighted by Crippen LogP contribution is -2.17. The van der Waals surface area contributed by atoms with Crippen LogP contribution in [-0.4, -0.2) is 12.0 Å². The van der Waals surface area contributed by atoms with Crippen LogP contribution in [0.4, 0.5) is 5.82 Å². The van der Waals surface area contributed by atoms with Crippen LogP contribution in [0.1, 0.15) is 16.7 Å². The highest BCUT2D eigenvalue weighted by atomic mass is 15.2. The van der Waals surface area contributed by atoms with Gasteiger partial charge in [0.2, 0.25) is 0 Å². The molecule has 0 bridgehead atoms. The molecule has 0 fully saturated rings. The van der Waals surface area contributed by atoms with E-state index in [2.05, 4.69) is 47.1 Å². The predicted octanol–water partition coefficient (Wildman–Crippen LogP) is 2.90. The van der Waals surface area contributed by atoms with E-state index in [9.17, 15) is 0 Å². The average molecular weight is 237 g/mol. The van der Waals surface area contributed by atoms with Crippen molar-refractivity contribution in [1.29, 1.82) is 5.26 Å². The van der Waals surface area contributed by atoms with E-state index in [1.165, 1.54) is 11.1 Å². The van der Waals surface area contributed by atoms with Crippen molar-refractivity contribution in [3.63, 3.8) is 0 Å². The largest absolute Gasteiger partial charge is 0.355 e. The number of hydrogen-bond donors (Lipinski definition) is 0. The van der Waals surface area contributed by atoms with Gasteiger partial charge in [0.1, 0.15) is 11.9 Å². The summed E-state index contributed by atoms with van der Waals surface area (Å²) in [5.41, 5.74) is 3.09. The zero-order chi connectivity index (χ0) is 13.0. The third-order valence-electron chi connectivity index (χ3n) is 2.81. The van der Waals surface area contributed by atoms with Gasteiger partial charge < -0.3 is 4.90 Å². The van der Waals surface area contributed by atoms with Crippen molar-refractivity contribution in [3.05, 3.63) is 59.3 Å². The molecule has 1 aromatic carbocycles. The van der Waals surface area contributed by atoms with Crippen LogP contribution in [0, 0.1) is 18.3 Å². The fourth-order valence-corrected chi connectivity index (χ4v) is 1.73. The number of aryl methyl sites for hydroxylation is 1. The summed E-state index contributed by atoms with van der Waals surface area (Å²) in [6.07, 6.45) is 1.60. The number of benzene rings is 1. The normalized spacial score (nSPS) is 9.83. The van der Waals surface area contributed by atoms with Crippen molar-refractivity contribution in [2.45, 2.75) is 13.5 Å². The summed E-state index contributed by atoms with van der Waals surface area (Å²) >= 11 is 0. The number of hydrogen-bond acceptors (Lipinski definition) is 3. The van der Waals surface area contributed by atoms with E-state index in [-0.39, 0.29) is 0 Å². The molecule has 3 heteroatoms. The molecule has 18 heavy (non-hydrogen) atoms. The van der Waals surface area contributed by atoms with Gasteiger partial charge in [0.05, 0.1) is 5.56 Å². The Morgan fingerprint density at radius 1 is 1.17 bits per heavy atom. The Balaban J connectivity index is 2.09. The maximum absolute atomic E-state index is 8.72. The Labute approximate surface area is 107 Å². The Bertz CT molecular complexity index is 550. The van der Waals surface area contributed by atoms with E-state index in [0.29, 0.717) is 5.56 Å². The summed E-state index contributed by atoms with van der Waals surface area (Å²) in [4.78, 5) is 6.33. The van der Waals surface area contributed by atoms with Crippen molar-refractivity contribution >= 4 is 5.82 Å². The predicted molar refractivity (Wildman–Crippen MR) is 72.2 cm³/mol. The minimum absolute atomic E-state index is 0.586. The topological polar surface area (TPSA) is 39.9 Å². The van der Waals surface area contributed by atoms with Gasteiger partial charge >= 0.3 is 0 Å². The van der Waals surface area contributed by atoms with Gasteiger partial charge in [-0.3, -0.25) is 0 Å². The zero-order valence-electron chi connectivity index (χ0n) is 10.6. The molecule has 2 rings (SSSR count). The summed E-state index contributed by atoms with van der Waals surface area (Å²) in [5, 5.41) is 8.72. The fraction of sp³-hybridized carbons (Fsp3) is 0.200. The summed E-state index contributed by atoms with van der Waals surface area (Å²) in [7, 11) is 1.99. The molecule has 0 saturated heterocycles. The second-order valence-electron chi connectivity index (χ2n) is 4.36. The number of nitriles is 1. The molecule has 0 saturated carbocycles. The molecule has 3 nitrogen and oxygen atoms in total. The molecule has 0 amide bonds. The number of aromatic nitrogens is 1. The SMILES string of the molecule is Cc1ccc(CN(C)c2ccc(C#N)cn2)cc1. The van der Waals surface area contributed by atoms with Gasteiger partial charge in [-0.1, -0.05) is 29.8 Å². The van der Waals surface area contributed by atoms with Crippen LogP contribution >= 0.6 is 0 Å². The molecule has 0 N–H and O–H groups in total. The summed E-state index contributed by atoms with van der Waals surface area (Å²) in [6, 6.07) is 14.2. The van der Waals surface area contributed by atoms with E-state index >= 15 is 0 Å². The standard InChI is InChI=1S/C15H15N3/c1-12-3-5-13(6-4-12)11-18(2)15-8-7-14(9-16)10-17-15/h3-8,10H,11H2,1-2H3. The molecule has 2 aromatic rings. The minimum Gasteiger partial charge on any atom is -0.355 e. The first-order chi connectivity index (χ1) is 8.69. The number of nitrogens with zero attached hydrogens (tertiary/aromatic N) is 3. The fourth-order valence-electron chi connectivity index (χ4n) is 1.73. The van der Waals surface area contributed by atoms with E-state index in [1.54, 1.807) is 12.3 Å². The van der Waals surface area contributed by atoms with Gasteiger partial charge in [-0.2, -0.15) is 5.26 Å². The number of rotatable bonds is 3. The van der Waals surface area contributed by atoms with E-state index in [1.807, 2.05) is 13.1 Å². The number of pyridine rings is 1. The molecule has 0 atom stereocenters. The number of anilines is 1. The quantitative estimate of drug-likeness (QED) is 0.824. The highest BCUT2D eigenvalue weighted by Gasteiger charge is 2.03. The van der Waals surface area contributed by atoms with Crippen LogP contribution in [0.5, 0.6) is 0 Å². The molecule has 0 aliphatic heterocycles. The molecule has 90 valence electrons. The molecule has 0 unspecified atom stereocenters. The molecule has 0 aliphatic carbocycles. The van der Waals surface area contributed by atoms with Crippen molar-refractivity contribution < 1.29 is 0 Å². The monoisotopic (exact) mass is 237 g/mol. The second kappa shape index (κ2) is 5.33. The lowest BCUT2D eigenvalue weighted by molar-refractivity contribution is 0.897. The van der Waals surface area contributed by atoms with Crippen LogP contribution in [0.15, 0.2) is 42.6 Å². The van der Waals surface area contributed by atoms with Crippen molar-refractivity contribution in [1.82, 2.24) is 4.98 Å². The summed E-state index contributed by atoms with van der Waals surface area (Å²) in [5.74, 6) is 0.870. The lowest BCUT2D eigenvalue weighted by Gasteiger charge is -2.18. The first-order valence-electron chi connectivity index (χ1n) is 5.82. The molecule has 1 heterocycles.